The van der Waals surface area contributed by atoms with E-state index in [1.54, 1.807) is 13.2 Å². The third-order valence-electron chi connectivity index (χ3n) is 7.19. The molecule has 6 nitrogen and oxygen atoms in total. The smallest absolute Gasteiger partial charge is 0.253 e. The van der Waals surface area contributed by atoms with Gasteiger partial charge >= 0.3 is 0 Å². The number of carbonyl (C=O) groups excluding carboxylic acids is 2. The number of methoxy groups -OCH3 is 1. The molecule has 0 saturated carbocycles. The molecule has 2 aliphatic heterocycles. The van der Waals surface area contributed by atoms with Crippen molar-refractivity contribution in [3.05, 3.63) is 65.7 Å². The second kappa shape index (κ2) is 9.96. The highest BCUT2D eigenvalue weighted by molar-refractivity contribution is 5.94. The van der Waals surface area contributed by atoms with Crippen LogP contribution in [0.5, 0.6) is 5.75 Å². The Balaban J connectivity index is 1.50. The lowest BCUT2D eigenvalue weighted by molar-refractivity contribution is -0.134. The monoisotopic (exact) mass is 449 g/mol. The first kappa shape index (κ1) is 23.3. The zero-order valence-corrected chi connectivity index (χ0v) is 19.9. The predicted octanol–water partition coefficient (Wildman–Crippen LogP) is 3.72. The van der Waals surface area contributed by atoms with Gasteiger partial charge < -0.3 is 14.5 Å². The Bertz CT molecular complexity index is 970. The quantitative estimate of drug-likeness (QED) is 0.700. The van der Waals surface area contributed by atoms with Crippen molar-refractivity contribution in [2.45, 2.75) is 51.2 Å². The number of hydrogen-bond donors (Lipinski definition) is 1. The predicted molar refractivity (Wildman–Crippen MR) is 129 cm³/mol. The SMILES string of the molecule is CCC(C)CN1C(=O)C(Cc2ccccc2)NC12CCN(C(=O)c1cccc(OC)c1)CC2. The van der Waals surface area contributed by atoms with E-state index in [4.69, 9.17) is 4.74 Å². The number of piperidine rings is 1. The Kier molecular flexibility index (Phi) is 7.03. The van der Waals surface area contributed by atoms with Crippen molar-refractivity contribution in [1.29, 1.82) is 0 Å². The molecule has 2 fully saturated rings. The lowest BCUT2D eigenvalue weighted by Crippen LogP contribution is -2.60. The van der Waals surface area contributed by atoms with E-state index in [-0.39, 0.29) is 23.5 Å². The highest BCUT2D eigenvalue weighted by Crippen LogP contribution is 2.35. The molecule has 2 aromatic rings. The first-order chi connectivity index (χ1) is 16.0. The number of ether oxygens (including phenoxy) is 1. The average Bonchev–Trinajstić information content (AvgIpc) is 3.09. The van der Waals surface area contributed by atoms with E-state index in [2.05, 4.69) is 36.2 Å². The lowest BCUT2D eigenvalue weighted by Gasteiger charge is -2.45. The average molecular weight is 450 g/mol. The van der Waals surface area contributed by atoms with Gasteiger partial charge in [-0.3, -0.25) is 14.9 Å². The highest BCUT2D eigenvalue weighted by atomic mass is 16.5. The van der Waals surface area contributed by atoms with Crippen LogP contribution in [0.1, 0.15) is 49.0 Å². The van der Waals surface area contributed by atoms with Gasteiger partial charge in [0.1, 0.15) is 5.75 Å². The molecular weight excluding hydrogens is 414 g/mol. The summed E-state index contributed by atoms with van der Waals surface area (Å²) >= 11 is 0. The van der Waals surface area contributed by atoms with Crippen LogP contribution in [0.2, 0.25) is 0 Å². The maximum absolute atomic E-state index is 13.5. The Hall–Kier alpha value is -2.86. The van der Waals surface area contributed by atoms with Gasteiger partial charge in [-0.1, -0.05) is 56.7 Å². The summed E-state index contributed by atoms with van der Waals surface area (Å²) in [6, 6.07) is 17.3. The number of rotatable bonds is 7. The number of carbonyl (C=O) groups is 2. The molecule has 2 unspecified atom stereocenters. The second-order valence-corrected chi connectivity index (χ2v) is 9.40. The van der Waals surface area contributed by atoms with Crippen molar-refractivity contribution in [1.82, 2.24) is 15.1 Å². The minimum absolute atomic E-state index is 0.0161. The minimum atomic E-state index is -0.384. The van der Waals surface area contributed by atoms with Crippen LogP contribution in [0.15, 0.2) is 54.6 Å². The highest BCUT2D eigenvalue weighted by Gasteiger charge is 2.51. The van der Waals surface area contributed by atoms with Gasteiger partial charge in [0.05, 0.1) is 18.8 Å². The van der Waals surface area contributed by atoms with E-state index in [1.165, 1.54) is 0 Å². The molecule has 6 heteroatoms. The van der Waals surface area contributed by atoms with E-state index in [0.29, 0.717) is 36.7 Å². The summed E-state index contributed by atoms with van der Waals surface area (Å²) in [6.45, 7) is 6.35. The van der Waals surface area contributed by atoms with Crippen molar-refractivity contribution in [2.75, 3.05) is 26.7 Å². The van der Waals surface area contributed by atoms with Gasteiger partial charge in [0.15, 0.2) is 0 Å². The van der Waals surface area contributed by atoms with E-state index in [9.17, 15) is 9.59 Å². The Morgan fingerprint density at radius 1 is 1.15 bits per heavy atom. The Morgan fingerprint density at radius 3 is 2.55 bits per heavy atom. The summed E-state index contributed by atoms with van der Waals surface area (Å²) < 4.78 is 5.28. The second-order valence-electron chi connectivity index (χ2n) is 9.40. The number of nitrogens with one attached hydrogen (secondary N) is 1. The third kappa shape index (κ3) is 4.91. The van der Waals surface area contributed by atoms with Crippen LogP contribution in [-0.2, 0) is 11.2 Å². The molecule has 2 aromatic carbocycles. The molecule has 0 bridgehead atoms. The first-order valence-corrected chi connectivity index (χ1v) is 12.0. The van der Waals surface area contributed by atoms with Crippen LogP contribution in [0.3, 0.4) is 0 Å². The maximum atomic E-state index is 13.5. The van der Waals surface area contributed by atoms with Crippen LogP contribution < -0.4 is 10.1 Å². The summed E-state index contributed by atoms with van der Waals surface area (Å²) in [4.78, 5) is 30.6. The van der Waals surface area contributed by atoms with Gasteiger partial charge in [-0.15, -0.1) is 0 Å². The molecule has 1 N–H and O–H groups in total. The molecule has 0 radical (unpaired) electrons. The summed E-state index contributed by atoms with van der Waals surface area (Å²) in [5, 5.41) is 3.72. The lowest BCUT2D eigenvalue weighted by atomic mass is 9.94. The largest absolute Gasteiger partial charge is 0.497 e. The summed E-state index contributed by atoms with van der Waals surface area (Å²) in [5.74, 6) is 1.31. The van der Waals surface area contributed by atoms with Crippen LogP contribution in [0.4, 0.5) is 0 Å². The number of amides is 2. The fraction of sp³-hybridized carbons (Fsp3) is 0.481. The van der Waals surface area contributed by atoms with Gasteiger partial charge in [0, 0.05) is 38.0 Å². The first-order valence-electron chi connectivity index (χ1n) is 12.0. The minimum Gasteiger partial charge on any atom is -0.497 e. The normalized spacial score (nSPS) is 20.8. The van der Waals surface area contributed by atoms with Crippen molar-refractivity contribution in [3.63, 3.8) is 0 Å². The molecule has 0 aliphatic carbocycles. The Morgan fingerprint density at radius 2 is 1.88 bits per heavy atom. The van der Waals surface area contributed by atoms with E-state index >= 15 is 0 Å². The summed E-state index contributed by atoms with van der Waals surface area (Å²) in [6.07, 6.45) is 3.18. The fourth-order valence-electron chi connectivity index (χ4n) is 4.99. The van der Waals surface area contributed by atoms with Crippen LogP contribution in [0.25, 0.3) is 0 Å². The number of nitrogens with zero attached hydrogens (tertiary/aromatic N) is 2. The molecule has 2 saturated heterocycles. The molecule has 2 atom stereocenters. The van der Waals surface area contributed by atoms with Gasteiger partial charge in [0.2, 0.25) is 5.91 Å². The van der Waals surface area contributed by atoms with Gasteiger partial charge in [0.25, 0.3) is 5.91 Å². The summed E-state index contributed by atoms with van der Waals surface area (Å²) in [5.41, 5.74) is 1.42. The fourth-order valence-corrected chi connectivity index (χ4v) is 4.99. The summed E-state index contributed by atoms with van der Waals surface area (Å²) in [7, 11) is 1.61. The third-order valence-corrected chi connectivity index (χ3v) is 7.19. The molecule has 2 heterocycles. The van der Waals surface area contributed by atoms with E-state index < -0.39 is 0 Å². The zero-order chi connectivity index (χ0) is 23.4. The topological polar surface area (TPSA) is 61.9 Å². The van der Waals surface area contributed by atoms with E-state index in [0.717, 1.165) is 31.4 Å². The Labute approximate surface area is 196 Å². The molecule has 4 rings (SSSR count). The van der Waals surface area contributed by atoms with Gasteiger partial charge in [-0.05, 0) is 36.1 Å². The zero-order valence-electron chi connectivity index (χ0n) is 19.9. The number of benzene rings is 2. The standard InChI is InChI=1S/C27H35N3O3/c1-4-20(2)19-30-26(32)24(17-21-9-6-5-7-10-21)28-27(30)13-15-29(16-14-27)25(31)22-11-8-12-23(18-22)33-3/h5-12,18,20,24,28H,4,13-17,19H2,1-3H3. The van der Waals surface area contributed by atoms with Crippen molar-refractivity contribution >= 4 is 11.8 Å². The maximum Gasteiger partial charge on any atom is 0.253 e. The van der Waals surface area contributed by atoms with Gasteiger partial charge in [-0.2, -0.15) is 0 Å². The number of likely N-dealkylation sites (tertiary alicyclic amines) is 1. The van der Waals surface area contributed by atoms with Crippen molar-refractivity contribution < 1.29 is 14.3 Å². The van der Waals surface area contributed by atoms with Crippen molar-refractivity contribution in [3.8, 4) is 5.75 Å². The molecular formula is C27H35N3O3. The van der Waals surface area contributed by atoms with E-state index in [1.807, 2.05) is 41.3 Å². The van der Waals surface area contributed by atoms with Crippen LogP contribution in [-0.4, -0.2) is 60.1 Å². The van der Waals surface area contributed by atoms with Crippen molar-refractivity contribution in [2.24, 2.45) is 5.92 Å². The molecule has 33 heavy (non-hydrogen) atoms. The molecule has 2 amide bonds. The van der Waals surface area contributed by atoms with Crippen LogP contribution >= 0.6 is 0 Å². The van der Waals surface area contributed by atoms with Gasteiger partial charge in [-0.25, -0.2) is 0 Å². The molecule has 2 aliphatic rings. The van der Waals surface area contributed by atoms with Crippen LogP contribution in [0, 0.1) is 5.92 Å². The molecule has 176 valence electrons. The number of hydrogen-bond acceptors (Lipinski definition) is 4. The molecule has 0 aromatic heterocycles. The molecule has 1 spiro atoms.